The Morgan fingerprint density at radius 3 is 2.26 bits per heavy atom. The number of anilines is 2. The van der Waals surface area contributed by atoms with E-state index in [0.29, 0.717) is 21.5 Å². The van der Waals surface area contributed by atoms with E-state index in [4.69, 9.17) is 33.2 Å². The van der Waals surface area contributed by atoms with Gasteiger partial charge >= 0.3 is 0 Å². The zero-order chi connectivity index (χ0) is 25.6. The first kappa shape index (κ1) is 23.0. The van der Waals surface area contributed by atoms with Gasteiger partial charge in [0.25, 0.3) is 0 Å². The first-order valence-corrected chi connectivity index (χ1v) is 13.1. The average molecular weight is 541 g/mol. The molecule has 0 bridgehead atoms. The highest BCUT2D eigenvalue weighted by molar-refractivity contribution is 6.33. The highest BCUT2D eigenvalue weighted by Crippen LogP contribution is 2.35. The van der Waals surface area contributed by atoms with E-state index in [-0.39, 0.29) is 0 Å². The summed E-state index contributed by atoms with van der Waals surface area (Å²) in [6.45, 7) is 3.16. The molecule has 10 heteroatoms. The van der Waals surface area contributed by atoms with Crippen molar-refractivity contribution in [1.29, 1.82) is 0 Å². The summed E-state index contributed by atoms with van der Waals surface area (Å²) in [5, 5.41) is 1.28. The molecule has 0 unspecified atom stereocenters. The maximum atomic E-state index is 6.63. The number of fused-ring (bicyclic) bond motifs is 2. The van der Waals surface area contributed by atoms with Crippen molar-refractivity contribution in [2.45, 2.75) is 0 Å². The van der Waals surface area contributed by atoms with Crippen LogP contribution in [0.3, 0.4) is 0 Å². The summed E-state index contributed by atoms with van der Waals surface area (Å²) in [4.78, 5) is 27.2. The fourth-order valence-corrected chi connectivity index (χ4v) is 5.34. The van der Waals surface area contributed by atoms with E-state index in [9.17, 15) is 0 Å². The van der Waals surface area contributed by atoms with Gasteiger partial charge < -0.3 is 14.8 Å². The number of H-pyrrole nitrogens is 1. The fourth-order valence-electron chi connectivity index (χ4n) is 4.99. The van der Waals surface area contributed by atoms with Crippen molar-refractivity contribution in [3.8, 4) is 17.1 Å². The molecule has 38 heavy (non-hydrogen) atoms. The van der Waals surface area contributed by atoms with E-state index in [0.717, 1.165) is 65.7 Å². The Balaban J connectivity index is 1.27. The quantitative estimate of drug-likeness (QED) is 0.295. The van der Waals surface area contributed by atoms with Crippen LogP contribution in [0.4, 0.5) is 11.8 Å². The molecule has 8 nitrogen and oxygen atoms in total. The molecular weight excluding hydrogens is 519 g/mol. The summed E-state index contributed by atoms with van der Waals surface area (Å²) >= 11 is 12.8. The molecule has 0 saturated carbocycles. The van der Waals surface area contributed by atoms with E-state index in [1.807, 2.05) is 77.4 Å². The van der Waals surface area contributed by atoms with Gasteiger partial charge in [-0.25, -0.2) is 19.9 Å². The standard InChI is InChI=1S/C28H22Cl2N8/c29-18-9-11-19(12-10-18)38-25(20-5-1-2-6-21(20)30)35-24-26(31-17-32-27(24)38)36-13-15-37(16-14-36)28-33-22-7-3-4-8-23(22)34-28/h1-12,17H,13-16H2,(H,33,34). The van der Waals surface area contributed by atoms with Crippen LogP contribution in [-0.4, -0.2) is 55.7 Å². The van der Waals surface area contributed by atoms with Crippen LogP contribution in [-0.2, 0) is 0 Å². The first-order valence-electron chi connectivity index (χ1n) is 12.3. The number of nitrogens with zero attached hydrogens (tertiary/aromatic N) is 7. The minimum Gasteiger partial charge on any atom is -0.351 e. The van der Waals surface area contributed by atoms with Crippen LogP contribution in [0.5, 0.6) is 0 Å². The molecule has 3 aromatic carbocycles. The third kappa shape index (κ3) is 3.93. The molecule has 0 spiro atoms. The topological polar surface area (TPSA) is 78.8 Å². The van der Waals surface area contributed by atoms with Gasteiger partial charge in [0.1, 0.15) is 12.2 Å². The minimum absolute atomic E-state index is 0.618. The molecular formula is C28H22Cl2N8. The van der Waals surface area contributed by atoms with Gasteiger partial charge in [-0.2, -0.15) is 0 Å². The van der Waals surface area contributed by atoms with Crippen LogP contribution in [0, 0.1) is 0 Å². The molecule has 1 fully saturated rings. The van der Waals surface area contributed by atoms with Gasteiger partial charge in [-0.3, -0.25) is 4.57 Å². The van der Waals surface area contributed by atoms with Crippen LogP contribution in [0.2, 0.25) is 10.0 Å². The third-order valence-electron chi connectivity index (χ3n) is 6.88. The molecule has 6 aromatic rings. The number of hydrogen-bond acceptors (Lipinski definition) is 6. The summed E-state index contributed by atoms with van der Waals surface area (Å²) in [6.07, 6.45) is 1.60. The number of nitrogens with one attached hydrogen (secondary N) is 1. The zero-order valence-corrected chi connectivity index (χ0v) is 21.7. The Morgan fingerprint density at radius 2 is 1.47 bits per heavy atom. The van der Waals surface area contributed by atoms with Crippen molar-refractivity contribution in [3.63, 3.8) is 0 Å². The lowest BCUT2D eigenvalue weighted by Gasteiger charge is -2.35. The van der Waals surface area contributed by atoms with Crippen LogP contribution in [0.1, 0.15) is 0 Å². The van der Waals surface area contributed by atoms with Gasteiger partial charge in [0.15, 0.2) is 17.0 Å². The van der Waals surface area contributed by atoms with Crippen LogP contribution >= 0.6 is 23.2 Å². The predicted octanol–water partition coefficient (Wildman–Crippen LogP) is 5.99. The second-order valence-corrected chi connectivity index (χ2v) is 9.99. The Kier molecular flexibility index (Phi) is 5.64. The number of hydrogen-bond donors (Lipinski definition) is 1. The molecule has 1 N–H and O–H groups in total. The molecule has 188 valence electrons. The van der Waals surface area contributed by atoms with E-state index in [1.54, 1.807) is 6.33 Å². The SMILES string of the molecule is Clc1ccc(-n2c(-c3ccccc3Cl)nc3c(N4CCN(c5nc6ccccc6[nH]5)CC4)ncnc32)cc1. The van der Waals surface area contributed by atoms with Gasteiger partial charge in [-0.05, 0) is 48.5 Å². The van der Waals surface area contributed by atoms with Crippen molar-refractivity contribution in [2.75, 3.05) is 36.0 Å². The summed E-state index contributed by atoms with van der Waals surface area (Å²) in [5.41, 5.74) is 5.18. The van der Waals surface area contributed by atoms with E-state index in [2.05, 4.69) is 24.8 Å². The Hall–Kier alpha value is -4.14. The summed E-state index contributed by atoms with van der Waals surface area (Å²) in [7, 11) is 0. The van der Waals surface area contributed by atoms with Gasteiger partial charge in [0, 0.05) is 42.5 Å². The largest absolute Gasteiger partial charge is 0.351 e. The van der Waals surface area contributed by atoms with E-state index < -0.39 is 0 Å². The Labute approximate surface area is 228 Å². The monoisotopic (exact) mass is 540 g/mol. The van der Waals surface area contributed by atoms with Gasteiger partial charge in [0.2, 0.25) is 5.95 Å². The lowest BCUT2D eigenvalue weighted by molar-refractivity contribution is 0.638. The molecule has 0 atom stereocenters. The van der Waals surface area contributed by atoms with E-state index >= 15 is 0 Å². The minimum atomic E-state index is 0.618. The molecule has 3 aromatic heterocycles. The lowest BCUT2D eigenvalue weighted by Crippen LogP contribution is -2.47. The number of benzene rings is 3. The highest BCUT2D eigenvalue weighted by Gasteiger charge is 2.26. The second kappa shape index (κ2) is 9.31. The third-order valence-corrected chi connectivity index (χ3v) is 7.46. The van der Waals surface area contributed by atoms with Gasteiger partial charge in [-0.15, -0.1) is 0 Å². The van der Waals surface area contributed by atoms with Crippen molar-refractivity contribution in [2.24, 2.45) is 0 Å². The van der Waals surface area contributed by atoms with Crippen molar-refractivity contribution >= 4 is 57.2 Å². The molecule has 0 aliphatic carbocycles. The number of halogens is 2. The fraction of sp³-hybridized carbons (Fsp3) is 0.143. The average Bonchev–Trinajstić information content (AvgIpc) is 3.56. The molecule has 0 amide bonds. The maximum Gasteiger partial charge on any atom is 0.203 e. The smallest absolute Gasteiger partial charge is 0.203 e. The number of rotatable bonds is 4. The van der Waals surface area contributed by atoms with Crippen molar-refractivity contribution in [3.05, 3.63) is 89.2 Å². The van der Waals surface area contributed by atoms with Gasteiger partial charge in [-0.1, -0.05) is 47.5 Å². The van der Waals surface area contributed by atoms with Crippen molar-refractivity contribution in [1.82, 2.24) is 29.5 Å². The summed E-state index contributed by atoms with van der Waals surface area (Å²) in [5.74, 6) is 2.41. The molecule has 4 heterocycles. The zero-order valence-electron chi connectivity index (χ0n) is 20.2. The predicted molar refractivity (Wildman–Crippen MR) is 153 cm³/mol. The summed E-state index contributed by atoms with van der Waals surface area (Å²) in [6, 6.07) is 23.4. The maximum absolute atomic E-state index is 6.63. The molecule has 1 aliphatic rings. The van der Waals surface area contributed by atoms with Gasteiger partial charge in [0.05, 0.1) is 16.1 Å². The number of aromatic amines is 1. The number of imidazole rings is 2. The number of piperazine rings is 1. The number of para-hydroxylation sites is 2. The normalized spacial score (nSPS) is 14.1. The Morgan fingerprint density at radius 1 is 0.737 bits per heavy atom. The highest BCUT2D eigenvalue weighted by atomic mass is 35.5. The molecule has 1 aliphatic heterocycles. The van der Waals surface area contributed by atoms with Crippen LogP contribution < -0.4 is 9.80 Å². The molecule has 1 saturated heterocycles. The summed E-state index contributed by atoms with van der Waals surface area (Å²) < 4.78 is 2.02. The second-order valence-electron chi connectivity index (χ2n) is 9.15. The van der Waals surface area contributed by atoms with E-state index in [1.165, 1.54) is 0 Å². The Bertz CT molecular complexity index is 1730. The van der Waals surface area contributed by atoms with Crippen LogP contribution in [0.15, 0.2) is 79.1 Å². The number of aromatic nitrogens is 6. The molecule has 0 radical (unpaired) electrons. The first-order chi connectivity index (χ1) is 18.7. The molecule has 7 rings (SSSR count). The van der Waals surface area contributed by atoms with Crippen molar-refractivity contribution < 1.29 is 0 Å². The van der Waals surface area contributed by atoms with Crippen LogP contribution in [0.25, 0.3) is 39.3 Å². The lowest BCUT2D eigenvalue weighted by atomic mass is 10.2.